The van der Waals surface area contributed by atoms with Gasteiger partial charge in [-0.1, -0.05) is 242 Å². The van der Waals surface area contributed by atoms with Gasteiger partial charge in [-0.05, 0) is 96.0 Å². The Labute approximate surface area is 464 Å². The van der Waals surface area contributed by atoms with Gasteiger partial charge in [-0.25, -0.2) is 4.57 Å². The summed E-state index contributed by atoms with van der Waals surface area (Å²) in [5, 5.41) is 3.06. The molecule has 75 heavy (non-hydrogen) atoms. The molecule has 0 saturated heterocycles. The molecule has 438 valence electrons. The second kappa shape index (κ2) is 55.0. The van der Waals surface area contributed by atoms with E-state index in [0.29, 0.717) is 17.4 Å². The molecule has 0 bridgehead atoms. The molecular formula is C65H122N2O7P+. The highest BCUT2D eigenvalue weighted by Gasteiger charge is 2.30. The fraction of sp³-hybridized carbons (Fsp3) is 0.815. The molecule has 0 aliphatic rings. The minimum Gasteiger partial charge on any atom is -0.456 e. The number of likely N-dealkylation sites (N-methyl/N-ethyl adjacent to an activating group) is 1. The first-order valence-corrected chi connectivity index (χ1v) is 33.1. The van der Waals surface area contributed by atoms with Crippen molar-refractivity contribution in [1.29, 1.82) is 0 Å². The molecular weight excluding hydrogens is 952 g/mol. The number of hydrogen-bond donors (Lipinski definition) is 2. The molecule has 0 rings (SSSR count). The first-order chi connectivity index (χ1) is 36.4. The van der Waals surface area contributed by atoms with Crippen molar-refractivity contribution in [3.8, 4) is 0 Å². The molecule has 0 fully saturated rings. The summed E-state index contributed by atoms with van der Waals surface area (Å²) in [7, 11) is 1.49. The van der Waals surface area contributed by atoms with Crippen LogP contribution >= 0.6 is 7.82 Å². The van der Waals surface area contributed by atoms with E-state index in [0.717, 1.165) is 77.0 Å². The monoisotopic (exact) mass is 1070 g/mol. The molecule has 9 nitrogen and oxygen atoms in total. The van der Waals surface area contributed by atoms with E-state index < -0.39 is 20.0 Å². The number of phosphoric acid groups is 1. The van der Waals surface area contributed by atoms with Crippen LogP contribution in [0, 0.1) is 0 Å². The van der Waals surface area contributed by atoms with E-state index in [-0.39, 0.29) is 31.5 Å². The standard InChI is InChI=1S/C65H121N2O7P/c1-7-10-13-16-19-22-25-27-29-30-31-32-33-34-35-36-38-39-42-45-48-51-54-57-64(68)66-62(61-73-75(70,71)72-60-59-67(4,5)6)63(56-53-50-47-44-41-24-21-18-15-12-9-3)74-65(69)58-55-52-49-46-43-40-37-28-26-23-20-17-14-11-8-2/h19,22-23,26-27,29,31-32,53,56,62-63H,7-18,20-21,24-25,28,30,33-52,54-55,57-61H2,1-6H3,(H-,66,68,70,71)/p+1/b22-19-,26-23-,29-27-,32-31-,56-53-. The number of carbonyl (C=O) groups excluding carboxylic acids is 2. The molecule has 0 radical (unpaired) electrons. The number of allylic oxidation sites excluding steroid dienone is 9. The van der Waals surface area contributed by atoms with E-state index in [1.807, 2.05) is 33.3 Å². The van der Waals surface area contributed by atoms with Crippen LogP contribution in [-0.4, -0.2) is 74.3 Å². The molecule has 3 unspecified atom stereocenters. The first-order valence-electron chi connectivity index (χ1n) is 31.6. The predicted molar refractivity (Wildman–Crippen MR) is 323 cm³/mol. The molecule has 0 aromatic heterocycles. The Morgan fingerprint density at radius 2 is 0.813 bits per heavy atom. The number of esters is 1. The highest BCUT2D eigenvalue weighted by Crippen LogP contribution is 2.43. The zero-order valence-electron chi connectivity index (χ0n) is 50.0. The van der Waals surface area contributed by atoms with Crippen molar-refractivity contribution >= 4 is 19.7 Å². The van der Waals surface area contributed by atoms with Crippen molar-refractivity contribution in [1.82, 2.24) is 5.32 Å². The number of unbranched alkanes of at least 4 members (excludes halogenated alkanes) is 33. The van der Waals surface area contributed by atoms with Crippen LogP contribution in [0.2, 0.25) is 0 Å². The van der Waals surface area contributed by atoms with E-state index in [1.54, 1.807) is 0 Å². The van der Waals surface area contributed by atoms with Crippen molar-refractivity contribution < 1.29 is 37.3 Å². The van der Waals surface area contributed by atoms with E-state index in [2.05, 4.69) is 74.7 Å². The van der Waals surface area contributed by atoms with Crippen molar-refractivity contribution in [2.24, 2.45) is 0 Å². The SMILES string of the molecule is CCCCC/C=C\C/C=C\C/C=C\CCCCCCCCCCCCC(=O)NC(COP(=O)(O)OCC[N+](C)(C)C)C(/C=C\CCCCCCCCCCC)OC(=O)CCCCCCCCC/C=C\CCCCCC. The van der Waals surface area contributed by atoms with Crippen LogP contribution in [0.25, 0.3) is 0 Å². The first kappa shape index (κ1) is 72.7. The van der Waals surface area contributed by atoms with E-state index in [1.165, 1.54) is 180 Å². The third-order valence-corrected chi connectivity index (χ3v) is 14.9. The van der Waals surface area contributed by atoms with Gasteiger partial charge in [-0.3, -0.25) is 18.6 Å². The third kappa shape index (κ3) is 56.2. The van der Waals surface area contributed by atoms with Crippen molar-refractivity contribution in [3.63, 3.8) is 0 Å². The van der Waals surface area contributed by atoms with Crippen LogP contribution < -0.4 is 5.32 Å². The number of amides is 1. The third-order valence-electron chi connectivity index (χ3n) is 13.9. The Morgan fingerprint density at radius 3 is 1.27 bits per heavy atom. The summed E-state index contributed by atoms with van der Waals surface area (Å²) >= 11 is 0. The number of nitrogens with one attached hydrogen (secondary N) is 1. The quantitative estimate of drug-likeness (QED) is 0.0205. The van der Waals surface area contributed by atoms with Gasteiger partial charge in [0.05, 0.1) is 33.8 Å². The lowest BCUT2D eigenvalue weighted by molar-refractivity contribution is -0.870. The molecule has 0 aromatic carbocycles. The van der Waals surface area contributed by atoms with Crippen LogP contribution in [0.5, 0.6) is 0 Å². The largest absolute Gasteiger partial charge is 0.472 e. The molecule has 0 aliphatic carbocycles. The second-order valence-electron chi connectivity index (χ2n) is 22.6. The molecule has 2 N–H and O–H groups in total. The lowest BCUT2D eigenvalue weighted by Gasteiger charge is -2.27. The Hall–Kier alpha value is -2.29. The lowest BCUT2D eigenvalue weighted by atomic mass is 10.0. The van der Waals surface area contributed by atoms with Crippen LogP contribution in [0.3, 0.4) is 0 Å². The summed E-state index contributed by atoms with van der Waals surface area (Å²) in [5.41, 5.74) is 0. The predicted octanol–water partition coefficient (Wildman–Crippen LogP) is 19.4. The molecule has 0 aromatic rings. The number of phosphoric ester groups is 1. The minimum atomic E-state index is -4.45. The Morgan fingerprint density at radius 1 is 0.467 bits per heavy atom. The van der Waals surface area contributed by atoms with Gasteiger partial charge in [-0.15, -0.1) is 0 Å². The fourth-order valence-electron chi connectivity index (χ4n) is 9.00. The molecule has 0 aliphatic heterocycles. The highest BCUT2D eigenvalue weighted by molar-refractivity contribution is 7.47. The van der Waals surface area contributed by atoms with Crippen LogP contribution in [0.1, 0.15) is 290 Å². The molecule has 0 heterocycles. The number of hydrogen-bond acceptors (Lipinski definition) is 6. The molecule has 3 atom stereocenters. The number of quaternary nitrogens is 1. The smallest absolute Gasteiger partial charge is 0.456 e. The van der Waals surface area contributed by atoms with Gasteiger partial charge in [0.2, 0.25) is 5.91 Å². The van der Waals surface area contributed by atoms with Crippen molar-refractivity contribution in [3.05, 3.63) is 60.8 Å². The van der Waals surface area contributed by atoms with Gasteiger partial charge >= 0.3 is 13.8 Å². The van der Waals surface area contributed by atoms with Gasteiger partial charge in [-0.2, -0.15) is 0 Å². The Bertz CT molecular complexity index is 1470. The maximum absolute atomic E-state index is 13.5. The molecule has 0 spiro atoms. The number of rotatable bonds is 57. The zero-order chi connectivity index (χ0) is 55.0. The molecule has 10 heteroatoms. The van der Waals surface area contributed by atoms with Crippen molar-refractivity contribution in [2.75, 3.05) is 40.9 Å². The van der Waals surface area contributed by atoms with Gasteiger partial charge in [0.25, 0.3) is 0 Å². The maximum Gasteiger partial charge on any atom is 0.472 e. The van der Waals surface area contributed by atoms with E-state index in [9.17, 15) is 19.0 Å². The molecule has 1 amide bonds. The Balaban J connectivity index is 5.15. The van der Waals surface area contributed by atoms with Crippen LogP contribution in [-0.2, 0) is 27.9 Å². The van der Waals surface area contributed by atoms with Gasteiger partial charge in [0.15, 0.2) is 0 Å². The topological polar surface area (TPSA) is 111 Å². The van der Waals surface area contributed by atoms with Gasteiger partial charge in [0, 0.05) is 12.8 Å². The normalized spacial score (nSPS) is 14.1. The number of ether oxygens (including phenoxy) is 1. The van der Waals surface area contributed by atoms with E-state index >= 15 is 0 Å². The summed E-state index contributed by atoms with van der Waals surface area (Å²) in [6.45, 7) is 6.98. The Kier molecular flexibility index (Phi) is 53.4. The van der Waals surface area contributed by atoms with Crippen LogP contribution in [0.4, 0.5) is 0 Å². The summed E-state index contributed by atoms with van der Waals surface area (Å²) < 4.78 is 30.7. The zero-order valence-corrected chi connectivity index (χ0v) is 50.9. The van der Waals surface area contributed by atoms with Crippen molar-refractivity contribution in [2.45, 2.75) is 303 Å². The van der Waals surface area contributed by atoms with Crippen LogP contribution in [0.15, 0.2) is 60.8 Å². The summed E-state index contributed by atoms with van der Waals surface area (Å²) in [5.74, 6) is -0.510. The second-order valence-corrected chi connectivity index (χ2v) is 24.0. The lowest BCUT2D eigenvalue weighted by Crippen LogP contribution is -2.47. The van der Waals surface area contributed by atoms with Gasteiger partial charge < -0.3 is 19.4 Å². The number of carbonyl (C=O) groups is 2. The fourth-order valence-corrected chi connectivity index (χ4v) is 9.74. The molecule has 0 saturated carbocycles. The maximum atomic E-state index is 13.5. The minimum absolute atomic E-state index is 0.0380. The summed E-state index contributed by atoms with van der Waals surface area (Å²) in [6.07, 6.45) is 69.3. The average Bonchev–Trinajstić information content (AvgIpc) is 3.37. The number of nitrogens with zero attached hydrogens (tertiary/aromatic N) is 1. The average molecular weight is 1070 g/mol. The summed E-state index contributed by atoms with van der Waals surface area (Å²) in [4.78, 5) is 37.7. The van der Waals surface area contributed by atoms with E-state index in [4.69, 9.17) is 13.8 Å². The highest BCUT2D eigenvalue weighted by atomic mass is 31.2. The van der Waals surface area contributed by atoms with Gasteiger partial charge in [0.1, 0.15) is 19.3 Å². The summed E-state index contributed by atoms with van der Waals surface area (Å²) in [6, 6.07) is -0.852.